The van der Waals surface area contributed by atoms with Gasteiger partial charge in [0.05, 0.1) is 31.1 Å². The molecule has 0 saturated carbocycles. The molecule has 0 aliphatic carbocycles. The van der Waals surface area contributed by atoms with Crippen LogP contribution in [0.1, 0.15) is 40.3 Å². The second kappa shape index (κ2) is 8.24. The lowest BCUT2D eigenvalue weighted by atomic mass is 10.2. The van der Waals surface area contributed by atoms with Gasteiger partial charge in [-0.3, -0.25) is 9.59 Å². The van der Waals surface area contributed by atoms with Gasteiger partial charge in [-0.25, -0.2) is 14.1 Å². The van der Waals surface area contributed by atoms with Crippen molar-refractivity contribution in [2.24, 2.45) is 0 Å². The number of alkyl halides is 3. The number of carbonyl (C=O) groups excluding carboxylic acids is 2. The molecular weight excluding hydrogens is 395 g/mol. The first-order chi connectivity index (χ1) is 13.7. The van der Waals surface area contributed by atoms with E-state index in [2.05, 4.69) is 35.7 Å². The molecule has 3 heterocycles. The summed E-state index contributed by atoms with van der Waals surface area (Å²) in [7, 11) is 0. The zero-order valence-electron chi connectivity index (χ0n) is 15.2. The quantitative estimate of drug-likeness (QED) is 0.600. The summed E-state index contributed by atoms with van der Waals surface area (Å²) in [5, 5.41) is 16.2. The Labute approximate surface area is 161 Å². The molecule has 3 aromatic rings. The van der Waals surface area contributed by atoms with Crippen LogP contribution in [0.2, 0.25) is 0 Å². The van der Waals surface area contributed by atoms with Crippen molar-refractivity contribution in [3.8, 4) is 0 Å². The van der Waals surface area contributed by atoms with Crippen molar-refractivity contribution in [2.75, 3.05) is 0 Å². The Balaban J connectivity index is 1.56. The van der Waals surface area contributed by atoms with Crippen LogP contribution in [0.5, 0.6) is 0 Å². The minimum absolute atomic E-state index is 0.0254. The van der Waals surface area contributed by atoms with Crippen LogP contribution in [-0.2, 0) is 17.9 Å². The van der Waals surface area contributed by atoms with Crippen LogP contribution in [0.25, 0.3) is 5.65 Å². The molecule has 0 fully saturated rings. The number of carbonyl (C=O) groups is 2. The molecule has 3 rings (SSSR count). The van der Waals surface area contributed by atoms with Gasteiger partial charge in [0.2, 0.25) is 5.91 Å². The third-order valence-electron chi connectivity index (χ3n) is 3.85. The predicted octanol–water partition coefficient (Wildman–Crippen LogP) is 1.31. The van der Waals surface area contributed by atoms with Gasteiger partial charge < -0.3 is 10.6 Å². The highest BCUT2D eigenvalue weighted by Gasteiger charge is 2.27. The number of halogens is 3. The third-order valence-corrected chi connectivity index (χ3v) is 3.85. The third kappa shape index (κ3) is 5.49. The van der Waals surface area contributed by atoms with Crippen molar-refractivity contribution in [3.63, 3.8) is 0 Å². The molecule has 10 nitrogen and oxygen atoms in total. The molecular formula is C16H16F3N7O3. The molecule has 0 saturated heterocycles. The Morgan fingerprint density at radius 3 is 2.69 bits per heavy atom. The Bertz CT molecular complexity index is 1030. The fourth-order valence-corrected chi connectivity index (χ4v) is 2.38. The topological polar surface area (TPSA) is 127 Å². The van der Waals surface area contributed by atoms with Gasteiger partial charge >= 0.3 is 6.18 Å². The molecule has 3 aromatic heterocycles. The number of fused-ring (bicyclic) bond motifs is 1. The maximum absolute atomic E-state index is 12.1. The van der Waals surface area contributed by atoms with Gasteiger partial charge in [-0.2, -0.15) is 18.3 Å². The normalized spacial score (nSPS) is 11.6. The largest absolute Gasteiger partial charge is 0.389 e. The van der Waals surface area contributed by atoms with Gasteiger partial charge in [-0.05, 0) is 23.7 Å². The summed E-state index contributed by atoms with van der Waals surface area (Å²) in [6, 6.07) is 1.63. The summed E-state index contributed by atoms with van der Waals surface area (Å²) >= 11 is 0. The molecule has 0 aromatic carbocycles. The summed E-state index contributed by atoms with van der Waals surface area (Å²) in [5.74, 6) is -1.16. The molecule has 0 aliphatic rings. The molecule has 2 N–H and O–H groups in total. The fourth-order valence-electron chi connectivity index (χ4n) is 2.38. The van der Waals surface area contributed by atoms with Gasteiger partial charge in [0.1, 0.15) is 5.69 Å². The summed E-state index contributed by atoms with van der Waals surface area (Å²) in [6.07, 6.45) is -3.11. The lowest BCUT2D eigenvalue weighted by Crippen LogP contribution is -2.24. The number of aryl methyl sites for hydroxylation is 1. The number of hydrogen-bond acceptors (Lipinski definition) is 7. The Kier molecular flexibility index (Phi) is 5.75. The Morgan fingerprint density at radius 1 is 1.21 bits per heavy atom. The van der Waals surface area contributed by atoms with E-state index < -0.39 is 30.8 Å². The van der Waals surface area contributed by atoms with Crippen molar-refractivity contribution in [1.29, 1.82) is 0 Å². The average molecular weight is 411 g/mol. The van der Waals surface area contributed by atoms with E-state index in [1.165, 1.54) is 10.7 Å². The van der Waals surface area contributed by atoms with E-state index >= 15 is 0 Å². The van der Waals surface area contributed by atoms with E-state index in [4.69, 9.17) is 0 Å². The minimum atomic E-state index is -4.37. The van der Waals surface area contributed by atoms with Crippen LogP contribution in [-0.4, -0.2) is 42.9 Å². The zero-order valence-corrected chi connectivity index (χ0v) is 15.2. The molecule has 0 unspecified atom stereocenters. The van der Waals surface area contributed by atoms with E-state index in [1.54, 1.807) is 19.2 Å². The van der Waals surface area contributed by atoms with E-state index in [0.29, 0.717) is 22.6 Å². The average Bonchev–Trinajstić information content (AvgIpc) is 3.27. The molecule has 29 heavy (non-hydrogen) atoms. The number of rotatable bonds is 7. The standard InChI is InChI=1S/C16H16F3N7O3/c1-9-14(25-29-24-9)15(28)21-7-11-8-26-12(23-11)4-10(6-22-26)5-20-13(27)2-3-16(17,18)19/h4,6,8H,2-3,5,7H2,1H3,(H,20,27)(H,21,28). The molecule has 0 aliphatic heterocycles. The van der Waals surface area contributed by atoms with Gasteiger partial charge in [-0.1, -0.05) is 5.16 Å². The number of aromatic nitrogens is 5. The van der Waals surface area contributed by atoms with Crippen molar-refractivity contribution in [1.82, 2.24) is 35.5 Å². The predicted molar refractivity (Wildman–Crippen MR) is 90.3 cm³/mol. The number of hydrogen-bond donors (Lipinski definition) is 2. The molecule has 0 bridgehead atoms. The highest BCUT2D eigenvalue weighted by atomic mass is 19.4. The molecule has 13 heteroatoms. The van der Waals surface area contributed by atoms with Gasteiger partial charge in [0, 0.05) is 13.0 Å². The van der Waals surface area contributed by atoms with Crippen LogP contribution in [0.3, 0.4) is 0 Å². The number of imidazole rings is 1. The van der Waals surface area contributed by atoms with Gasteiger partial charge in [0.25, 0.3) is 5.91 Å². The van der Waals surface area contributed by atoms with Crippen LogP contribution < -0.4 is 10.6 Å². The smallest absolute Gasteiger partial charge is 0.352 e. The zero-order chi connectivity index (χ0) is 21.0. The van der Waals surface area contributed by atoms with Crippen LogP contribution >= 0.6 is 0 Å². The van der Waals surface area contributed by atoms with Crippen LogP contribution in [0.4, 0.5) is 13.2 Å². The van der Waals surface area contributed by atoms with Crippen molar-refractivity contribution >= 4 is 17.5 Å². The highest BCUT2D eigenvalue weighted by Crippen LogP contribution is 2.21. The fraction of sp³-hybridized carbons (Fsp3) is 0.375. The summed E-state index contributed by atoms with van der Waals surface area (Å²) in [5.41, 5.74) is 1.99. The number of nitrogens with one attached hydrogen (secondary N) is 2. The lowest BCUT2D eigenvalue weighted by molar-refractivity contribution is -0.144. The first-order valence-corrected chi connectivity index (χ1v) is 8.45. The van der Waals surface area contributed by atoms with Gasteiger partial charge in [0.15, 0.2) is 11.3 Å². The molecule has 2 amide bonds. The first kappa shape index (κ1) is 20.2. The first-order valence-electron chi connectivity index (χ1n) is 8.45. The van der Waals surface area contributed by atoms with Crippen LogP contribution in [0, 0.1) is 6.92 Å². The van der Waals surface area contributed by atoms with Crippen molar-refractivity contribution in [3.05, 3.63) is 41.1 Å². The molecule has 0 spiro atoms. The van der Waals surface area contributed by atoms with E-state index in [1.807, 2.05) is 0 Å². The molecule has 0 atom stereocenters. The summed E-state index contributed by atoms with van der Waals surface area (Å²) in [4.78, 5) is 27.8. The van der Waals surface area contributed by atoms with Crippen molar-refractivity contribution < 1.29 is 27.4 Å². The number of amides is 2. The Hall–Kier alpha value is -3.51. The van der Waals surface area contributed by atoms with Crippen LogP contribution in [0.15, 0.2) is 23.1 Å². The molecule has 0 radical (unpaired) electrons. The molecule has 154 valence electrons. The van der Waals surface area contributed by atoms with E-state index in [0.717, 1.165) is 0 Å². The SMILES string of the molecule is Cc1nonc1C(=O)NCc1cn2ncc(CNC(=O)CCC(F)(F)F)cc2n1. The second-order valence-corrected chi connectivity index (χ2v) is 6.17. The summed E-state index contributed by atoms with van der Waals surface area (Å²) in [6.45, 7) is 1.72. The highest BCUT2D eigenvalue weighted by molar-refractivity contribution is 5.92. The second-order valence-electron chi connectivity index (χ2n) is 6.17. The van der Waals surface area contributed by atoms with E-state index in [9.17, 15) is 22.8 Å². The maximum Gasteiger partial charge on any atom is 0.389 e. The van der Waals surface area contributed by atoms with Crippen molar-refractivity contribution in [2.45, 2.75) is 39.0 Å². The number of nitrogens with zero attached hydrogens (tertiary/aromatic N) is 5. The summed E-state index contributed by atoms with van der Waals surface area (Å²) < 4.78 is 42.3. The monoisotopic (exact) mass is 411 g/mol. The maximum atomic E-state index is 12.1. The lowest BCUT2D eigenvalue weighted by Gasteiger charge is -2.07. The Morgan fingerprint density at radius 2 is 2.00 bits per heavy atom. The van der Waals surface area contributed by atoms with E-state index in [-0.39, 0.29) is 18.8 Å². The minimum Gasteiger partial charge on any atom is -0.352 e. The van der Waals surface area contributed by atoms with Gasteiger partial charge in [-0.15, -0.1) is 0 Å².